The van der Waals surface area contributed by atoms with E-state index < -0.39 is 34.6 Å². The van der Waals surface area contributed by atoms with Crippen LogP contribution < -0.4 is 16.0 Å². The molecular formula is C13H9BrF4N2O3. The number of benzene rings is 1. The van der Waals surface area contributed by atoms with E-state index in [0.717, 1.165) is 19.2 Å². The summed E-state index contributed by atoms with van der Waals surface area (Å²) >= 11 is 3.02. The van der Waals surface area contributed by atoms with Gasteiger partial charge in [-0.3, -0.25) is 9.36 Å². The highest BCUT2D eigenvalue weighted by Gasteiger charge is 2.35. The number of nitrogens with zero attached hydrogens (tertiary/aromatic N) is 2. The number of hydrogen-bond acceptors (Lipinski definition) is 3. The molecule has 5 nitrogen and oxygen atoms in total. The first kappa shape index (κ1) is 17.3. The van der Waals surface area contributed by atoms with Crippen LogP contribution in [-0.2, 0) is 13.2 Å². The van der Waals surface area contributed by atoms with E-state index >= 15 is 0 Å². The van der Waals surface area contributed by atoms with Crippen molar-refractivity contribution in [3.05, 3.63) is 55.0 Å². The predicted molar refractivity (Wildman–Crippen MR) is 76.5 cm³/mol. The van der Waals surface area contributed by atoms with Crippen LogP contribution in [0.2, 0.25) is 0 Å². The molecule has 0 unspecified atom stereocenters. The van der Waals surface area contributed by atoms with Crippen molar-refractivity contribution in [3.63, 3.8) is 0 Å². The summed E-state index contributed by atoms with van der Waals surface area (Å²) in [6, 6.07) is 2.21. The van der Waals surface area contributed by atoms with Gasteiger partial charge in [0.05, 0.1) is 17.3 Å². The Labute approximate surface area is 134 Å². The minimum absolute atomic E-state index is 0.107. The Bertz CT molecular complexity index is 886. The molecule has 10 heteroatoms. The molecule has 0 aliphatic carbocycles. The Morgan fingerprint density at radius 2 is 1.78 bits per heavy atom. The Morgan fingerprint density at radius 1 is 1.17 bits per heavy atom. The van der Waals surface area contributed by atoms with Crippen LogP contribution in [-0.4, -0.2) is 16.2 Å². The van der Waals surface area contributed by atoms with E-state index in [1.165, 1.54) is 7.11 Å². The van der Waals surface area contributed by atoms with E-state index in [-0.39, 0.29) is 20.9 Å². The van der Waals surface area contributed by atoms with Crippen molar-refractivity contribution in [2.75, 3.05) is 7.11 Å². The van der Waals surface area contributed by atoms with Crippen molar-refractivity contribution >= 4 is 15.9 Å². The minimum atomic E-state index is -4.89. The molecule has 124 valence electrons. The molecule has 2 rings (SSSR count). The highest BCUT2D eigenvalue weighted by atomic mass is 79.9. The molecule has 0 bridgehead atoms. The van der Waals surface area contributed by atoms with Gasteiger partial charge < -0.3 is 4.74 Å². The van der Waals surface area contributed by atoms with Crippen molar-refractivity contribution in [2.45, 2.75) is 6.18 Å². The fourth-order valence-corrected chi connectivity index (χ4v) is 2.44. The number of rotatable bonds is 2. The summed E-state index contributed by atoms with van der Waals surface area (Å²) in [5.74, 6) is -0.869. The Kier molecular flexibility index (Phi) is 4.38. The molecule has 1 heterocycles. The Hall–Kier alpha value is -2.10. The van der Waals surface area contributed by atoms with Gasteiger partial charge in [-0.15, -0.1) is 0 Å². The molecule has 0 saturated heterocycles. The number of alkyl halides is 3. The molecule has 23 heavy (non-hydrogen) atoms. The lowest BCUT2D eigenvalue weighted by atomic mass is 10.2. The molecule has 0 amide bonds. The predicted octanol–water partition coefficient (Wildman–Crippen LogP) is 2.47. The fourth-order valence-electron chi connectivity index (χ4n) is 1.97. The first-order valence-electron chi connectivity index (χ1n) is 6.01. The van der Waals surface area contributed by atoms with E-state index in [2.05, 4.69) is 15.9 Å². The molecule has 0 radical (unpaired) electrons. The highest BCUT2D eigenvalue weighted by molar-refractivity contribution is 9.10. The van der Waals surface area contributed by atoms with Crippen molar-refractivity contribution in [3.8, 4) is 11.4 Å². The Balaban J connectivity index is 2.84. The summed E-state index contributed by atoms with van der Waals surface area (Å²) in [6.07, 6.45) is -4.89. The third-order valence-corrected chi connectivity index (χ3v) is 3.69. The molecule has 0 spiro atoms. The molecule has 0 atom stereocenters. The number of ether oxygens (including phenoxy) is 1. The van der Waals surface area contributed by atoms with Crippen LogP contribution in [0, 0.1) is 5.82 Å². The SMILES string of the molecule is COc1cc(-n2c(=O)cc(C(F)(F)F)n(C)c2=O)c(F)cc1Br. The third-order valence-electron chi connectivity index (χ3n) is 3.07. The lowest BCUT2D eigenvalue weighted by molar-refractivity contribution is -0.144. The summed E-state index contributed by atoms with van der Waals surface area (Å²) in [5, 5.41) is 0. The van der Waals surface area contributed by atoms with Crippen molar-refractivity contribution in [1.29, 1.82) is 0 Å². The summed E-state index contributed by atoms with van der Waals surface area (Å²) in [5.41, 5.74) is -4.56. The maximum absolute atomic E-state index is 14.1. The molecule has 0 saturated carbocycles. The quantitative estimate of drug-likeness (QED) is 0.732. The fraction of sp³-hybridized carbons (Fsp3) is 0.231. The molecule has 1 aromatic carbocycles. The highest BCUT2D eigenvalue weighted by Crippen LogP contribution is 2.30. The van der Waals surface area contributed by atoms with Crippen LogP contribution in [0.4, 0.5) is 17.6 Å². The largest absolute Gasteiger partial charge is 0.495 e. The van der Waals surface area contributed by atoms with E-state index in [1.807, 2.05) is 0 Å². The van der Waals surface area contributed by atoms with Crippen molar-refractivity contribution in [1.82, 2.24) is 9.13 Å². The van der Waals surface area contributed by atoms with E-state index in [1.54, 1.807) is 0 Å². The molecular weight excluding hydrogens is 388 g/mol. The maximum Gasteiger partial charge on any atom is 0.431 e. The first-order chi connectivity index (χ1) is 10.6. The van der Waals surface area contributed by atoms with Crippen LogP contribution >= 0.6 is 15.9 Å². The van der Waals surface area contributed by atoms with Crippen LogP contribution in [0.3, 0.4) is 0 Å². The van der Waals surface area contributed by atoms with Gasteiger partial charge in [0.25, 0.3) is 5.56 Å². The molecule has 0 aliphatic heterocycles. The first-order valence-corrected chi connectivity index (χ1v) is 6.81. The van der Waals surface area contributed by atoms with E-state index in [9.17, 15) is 27.2 Å². The van der Waals surface area contributed by atoms with Crippen molar-refractivity contribution < 1.29 is 22.3 Å². The molecule has 0 fully saturated rings. The summed E-state index contributed by atoms with van der Waals surface area (Å²) in [6.45, 7) is 0. The lowest BCUT2D eigenvalue weighted by Gasteiger charge is -2.15. The van der Waals surface area contributed by atoms with Gasteiger partial charge >= 0.3 is 11.9 Å². The van der Waals surface area contributed by atoms with Crippen molar-refractivity contribution in [2.24, 2.45) is 7.05 Å². The van der Waals surface area contributed by atoms with Crippen LogP contribution in [0.15, 0.2) is 32.3 Å². The van der Waals surface area contributed by atoms with Gasteiger partial charge in [-0.2, -0.15) is 13.2 Å². The average Bonchev–Trinajstić information content (AvgIpc) is 2.44. The van der Waals surface area contributed by atoms with E-state index in [0.29, 0.717) is 4.57 Å². The van der Waals surface area contributed by atoms with Crippen LogP contribution in [0.25, 0.3) is 5.69 Å². The average molecular weight is 397 g/mol. The van der Waals surface area contributed by atoms with Gasteiger partial charge in [-0.1, -0.05) is 0 Å². The van der Waals surface area contributed by atoms with Gasteiger partial charge in [0, 0.05) is 19.2 Å². The van der Waals surface area contributed by atoms with Crippen LogP contribution in [0.5, 0.6) is 5.75 Å². The van der Waals surface area contributed by atoms with Gasteiger partial charge in [0.2, 0.25) is 0 Å². The lowest BCUT2D eigenvalue weighted by Crippen LogP contribution is -2.41. The van der Waals surface area contributed by atoms with Gasteiger partial charge in [0.1, 0.15) is 17.3 Å². The summed E-state index contributed by atoms with van der Waals surface area (Å²) in [7, 11) is 2.12. The van der Waals surface area contributed by atoms with Gasteiger partial charge in [-0.25, -0.2) is 13.8 Å². The number of methoxy groups -OCH3 is 1. The van der Waals surface area contributed by atoms with E-state index in [4.69, 9.17) is 4.74 Å². The molecule has 2 aromatic rings. The molecule has 0 N–H and O–H groups in total. The number of hydrogen-bond donors (Lipinski definition) is 0. The standard InChI is InChI=1S/C13H9BrF4N2O3/c1-19-10(13(16,17)18)5-11(21)20(12(19)22)8-4-9(23-2)6(14)3-7(8)15/h3-5H,1-2H3. The number of halogens is 5. The second-order valence-electron chi connectivity index (χ2n) is 4.48. The van der Waals surface area contributed by atoms with Gasteiger partial charge in [-0.05, 0) is 22.0 Å². The summed E-state index contributed by atoms with van der Waals surface area (Å²) < 4.78 is 58.1. The maximum atomic E-state index is 14.1. The minimum Gasteiger partial charge on any atom is -0.495 e. The third kappa shape index (κ3) is 3.03. The Morgan fingerprint density at radius 3 is 2.30 bits per heavy atom. The smallest absolute Gasteiger partial charge is 0.431 e. The topological polar surface area (TPSA) is 53.2 Å². The summed E-state index contributed by atoms with van der Waals surface area (Å²) in [4.78, 5) is 24.0. The van der Waals surface area contributed by atoms with Crippen LogP contribution in [0.1, 0.15) is 5.69 Å². The zero-order chi connectivity index (χ0) is 17.5. The zero-order valence-corrected chi connectivity index (χ0v) is 13.3. The second-order valence-corrected chi connectivity index (χ2v) is 5.34. The number of aromatic nitrogens is 2. The van der Waals surface area contributed by atoms with Gasteiger partial charge in [0.15, 0.2) is 0 Å². The zero-order valence-electron chi connectivity index (χ0n) is 11.7. The second kappa shape index (κ2) is 5.84. The molecule has 1 aromatic heterocycles. The molecule has 0 aliphatic rings. The normalized spacial score (nSPS) is 11.6. The monoisotopic (exact) mass is 396 g/mol.